The van der Waals surface area contributed by atoms with Crippen LogP contribution in [-0.2, 0) is 0 Å². The van der Waals surface area contributed by atoms with Crippen LogP contribution in [0, 0.1) is 3.57 Å². The van der Waals surface area contributed by atoms with Crippen molar-refractivity contribution in [3.05, 3.63) is 43.8 Å². The number of aromatic amines is 1. The molecule has 0 aliphatic rings. The Labute approximate surface area is 102 Å². The molecule has 0 saturated carbocycles. The molecule has 0 fully saturated rings. The van der Waals surface area contributed by atoms with Gasteiger partial charge >= 0.3 is 0 Å². The van der Waals surface area contributed by atoms with Gasteiger partial charge in [-0.25, -0.2) is 0 Å². The van der Waals surface area contributed by atoms with E-state index < -0.39 is 0 Å². The Balaban J connectivity index is 2.87. The van der Waals surface area contributed by atoms with Gasteiger partial charge in [-0.2, -0.15) is 0 Å². The summed E-state index contributed by atoms with van der Waals surface area (Å²) in [6.45, 7) is 4.27. The first-order chi connectivity index (χ1) is 7.08. The van der Waals surface area contributed by atoms with Crippen LogP contribution in [0.2, 0.25) is 0 Å². The van der Waals surface area contributed by atoms with Gasteiger partial charge in [-0.3, -0.25) is 4.79 Å². The van der Waals surface area contributed by atoms with E-state index in [9.17, 15) is 4.79 Å². The molecule has 1 N–H and O–H groups in total. The molecule has 0 unspecified atom stereocenters. The van der Waals surface area contributed by atoms with Gasteiger partial charge in [-0.1, -0.05) is 13.8 Å². The molecule has 3 heteroatoms. The van der Waals surface area contributed by atoms with E-state index in [0.29, 0.717) is 5.92 Å². The molecule has 1 heterocycles. The maximum Gasteiger partial charge on any atom is 0.248 e. The Bertz CT molecular complexity index is 557. The summed E-state index contributed by atoms with van der Waals surface area (Å²) in [6, 6.07) is 7.66. The molecule has 2 aromatic rings. The van der Waals surface area contributed by atoms with Gasteiger partial charge < -0.3 is 4.98 Å². The molecule has 2 nitrogen and oxygen atoms in total. The molecular weight excluding hydrogens is 301 g/mol. The van der Waals surface area contributed by atoms with E-state index in [1.165, 1.54) is 9.13 Å². The van der Waals surface area contributed by atoms with Gasteiger partial charge in [0.15, 0.2) is 0 Å². The summed E-state index contributed by atoms with van der Waals surface area (Å²) in [5.41, 5.74) is 2.14. The number of hydrogen-bond acceptors (Lipinski definition) is 1. The minimum absolute atomic E-state index is 0.0365. The lowest BCUT2D eigenvalue weighted by Crippen LogP contribution is -2.05. The normalized spacial score (nSPS) is 11.2. The average molecular weight is 313 g/mol. The summed E-state index contributed by atoms with van der Waals surface area (Å²) >= 11 is 2.30. The van der Waals surface area contributed by atoms with E-state index in [2.05, 4.69) is 53.6 Å². The standard InChI is InChI=1S/C12H12INO/c1-7(2)10-6-9(13)5-8-3-4-11(15)14-12(8)10/h3-7H,1-2H3,(H,14,15). The van der Waals surface area contributed by atoms with Gasteiger partial charge in [0.1, 0.15) is 0 Å². The molecule has 15 heavy (non-hydrogen) atoms. The average Bonchev–Trinajstić information content (AvgIpc) is 2.17. The van der Waals surface area contributed by atoms with E-state index >= 15 is 0 Å². The Morgan fingerprint density at radius 2 is 2.00 bits per heavy atom. The van der Waals surface area contributed by atoms with Crippen LogP contribution in [0.5, 0.6) is 0 Å². The fourth-order valence-corrected chi connectivity index (χ4v) is 2.38. The molecule has 1 aromatic heterocycles. The van der Waals surface area contributed by atoms with Crippen molar-refractivity contribution in [2.45, 2.75) is 19.8 Å². The van der Waals surface area contributed by atoms with Gasteiger partial charge in [0, 0.05) is 9.64 Å². The first kappa shape index (κ1) is 10.7. The molecule has 0 aliphatic carbocycles. The SMILES string of the molecule is CC(C)c1cc(I)cc2ccc(=O)[nH]c12. The molecule has 0 spiro atoms. The summed E-state index contributed by atoms with van der Waals surface area (Å²) < 4.78 is 1.20. The minimum atomic E-state index is -0.0365. The van der Waals surface area contributed by atoms with Crippen molar-refractivity contribution in [3.63, 3.8) is 0 Å². The third-order valence-electron chi connectivity index (χ3n) is 2.45. The van der Waals surface area contributed by atoms with E-state index in [4.69, 9.17) is 0 Å². The molecular formula is C12H12INO. The zero-order valence-corrected chi connectivity index (χ0v) is 10.8. The Hall–Kier alpha value is -0.840. The number of nitrogens with one attached hydrogen (secondary N) is 1. The number of benzene rings is 1. The minimum Gasteiger partial charge on any atom is -0.322 e. The summed E-state index contributed by atoms with van der Waals surface area (Å²) in [6.07, 6.45) is 0. The number of H-pyrrole nitrogens is 1. The number of aromatic nitrogens is 1. The van der Waals surface area contributed by atoms with Crippen LogP contribution >= 0.6 is 22.6 Å². The van der Waals surface area contributed by atoms with Gasteiger partial charge in [0.05, 0.1) is 5.52 Å². The number of hydrogen-bond donors (Lipinski definition) is 1. The summed E-state index contributed by atoms with van der Waals surface area (Å²) in [4.78, 5) is 14.2. The summed E-state index contributed by atoms with van der Waals surface area (Å²) in [5, 5.41) is 1.10. The molecule has 0 amide bonds. The number of rotatable bonds is 1. The molecule has 0 saturated heterocycles. The van der Waals surface area contributed by atoms with Crippen molar-refractivity contribution in [3.8, 4) is 0 Å². The Morgan fingerprint density at radius 3 is 2.67 bits per heavy atom. The maximum absolute atomic E-state index is 11.3. The van der Waals surface area contributed by atoms with E-state index in [-0.39, 0.29) is 5.56 Å². The second-order valence-corrected chi connectivity index (χ2v) is 5.18. The number of fused-ring (bicyclic) bond motifs is 1. The molecule has 0 atom stereocenters. The van der Waals surface area contributed by atoms with Gasteiger partial charge in [-0.15, -0.1) is 0 Å². The number of pyridine rings is 1. The lowest BCUT2D eigenvalue weighted by Gasteiger charge is -2.10. The fraction of sp³-hybridized carbons (Fsp3) is 0.250. The third kappa shape index (κ3) is 2.07. The highest BCUT2D eigenvalue weighted by Crippen LogP contribution is 2.25. The monoisotopic (exact) mass is 313 g/mol. The zero-order valence-electron chi connectivity index (χ0n) is 8.67. The second-order valence-electron chi connectivity index (χ2n) is 3.94. The number of halogens is 1. The quantitative estimate of drug-likeness (QED) is 0.806. The van der Waals surface area contributed by atoms with Gasteiger partial charge in [0.2, 0.25) is 5.56 Å². The zero-order chi connectivity index (χ0) is 11.0. The first-order valence-electron chi connectivity index (χ1n) is 4.90. The van der Waals surface area contributed by atoms with Crippen LogP contribution in [0.1, 0.15) is 25.3 Å². The van der Waals surface area contributed by atoms with Crippen LogP contribution in [0.3, 0.4) is 0 Å². The van der Waals surface area contributed by atoms with Crippen LogP contribution < -0.4 is 5.56 Å². The van der Waals surface area contributed by atoms with Crippen molar-refractivity contribution < 1.29 is 0 Å². The van der Waals surface area contributed by atoms with Crippen LogP contribution in [0.4, 0.5) is 0 Å². The highest BCUT2D eigenvalue weighted by molar-refractivity contribution is 14.1. The smallest absolute Gasteiger partial charge is 0.248 e. The molecule has 0 bridgehead atoms. The second kappa shape index (κ2) is 3.96. The van der Waals surface area contributed by atoms with Crippen molar-refractivity contribution in [1.29, 1.82) is 0 Å². The lowest BCUT2D eigenvalue weighted by atomic mass is 10.00. The largest absolute Gasteiger partial charge is 0.322 e. The topological polar surface area (TPSA) is 32.9 Å². The molecule has 2 rings (SSSR count). The van der Waals surface area contributed by atoms with Gasteiger partial charge in [0.25, 0.3) is 0 Å². The van der Waals surface area contributed by atoms with Gasteiger partial charge in [-0.05, 0) is 57.7 Å². The molecule has 78 valence electrons. The molecule has 0 radical (unpaired) electrons. The van der Waals surface area contributed by atoms with Crippen molar-refractivity contribution in [2.75, 3.05) is 0 Å². The summed E-state index contributed by atoms with van der Waals surface area (Å²) in [7, 11) is 0. The maximum atomic E-state index is 11.3. The van der Waals surface area contributed by atoms with E-state index in [0.717, 1.165) is 10.9 Å². The van der Waals surface area contributed by atoms with E-state index in [1.54, 1.807) is 6.07 Å². The third-order valence-corrected chi connectivity index (χ3v) is 3.07. The summed E-state index contributed by atoms with van der Waals surface area (Å²) in [5.74, 6) is 0.417. The van der Waals surface area contributed by atoms with Crippen LogP contribution in [0.25, 0.3) is 10.9 Å². The van der Waals surface area contributed by atoms with Crippen LogP contribution in [-0.4, -0.2) is 4.98 Å². The Kier molecular flexibility index (Phi) is 2.82. The first-order valence-corrected chi connectivity index (χ1v) is 5.98. The van der Waals surface area contributed by atoms with Crippen molar-refractivity contribution in [1.82, 2.24) is 4.98 Å². The Morgan fingerprint density at radius 1 is 1.27 bits per heavy atom. The van der Waals surface area contributed by atoms with Crippen molar-refractivity contribution in [2.24, 2.45) is 0 Å². The predicted molar refractivity (Wildman–Crippen MR) is 71.4 cm³/mol. The van der Waals surface area contributed by atoms with Crippen molar-refractivity contribution >= 4 is 33.5 Å². The highest BCUT2D eigenvalue weighted by Gasteiger charge is 2.07. The molecule has 1 aromatic carbocycles. The fourth-order valence-electron chi connectivity index (χ4n) is 1.71. The predicted octanol–water partition coefficient (Wildman–Crippen LogP) is 3.26. The van der Waals surface area contributed by atoms with E-state index in [1.807, 2.05) is 6.07 Å². The molecule has 0 aliphatic heterocycles. The lowest BCUT2D eigenvalue weighted by molar-refractivity contribution is 0.871. The highest BCUT2D eigenvalue weighted by atomic mass is 127. The van der Waals surface area contributed by atoms with Crippen LogP contribution in [0.15, 0.2) is 29.1 Å².